The molecule has 1 aliphatic rings. The fraction of sp³-hybridized carbons (Fsp3) is 0.333. The van der Waals surface area contributed by atoms with Crippen molar-refractivity contribution in [2.24, 2.45) is 5.92 Å². The third kappa shape index (κ3) is 5.62. The summed E-state index contributed by atoms with van der Waals surface area (Å²) in [6.07, 6.45) is -3.22. The molecular weight excluding hydrogens is 445 g/mol. The number of alkyl halides is 3. The Balaban J connectivity index is 1.36. The van der Waals surface area contributed by atoms with Crippen LogP contribution in [0.1, 0.15) is 24.0 Å². The number of rotatable bonds is 6. The van der Waals surface area contributed by atoms with E-state index in [2.05, 4.69) is 25.6 Å². The third-order valence-electron chi connectivity index (χ3n) is 5.75. The van der Waals surface area contributed by atoms with E-state index in [9.17, 15) is 18.0 Å². The molecule has 0 bridgehead atoms. The third-order valence-corrected chi connectivity index (χ3v) is 5.75. The number of amides is 1. The number of carbonyl (C=O) groups is 1. The molecule has 10 heteroatoms. The molecule has 1 saturated heterocycles. The van der Waals surface area contributed by atoms with Crippen LogP contribution in [-0.4, -0.2) is 41.0 Å². The summed E-state index contributed by atoms with van der Waals surface area (Å²) >= 11 is 0. The van der Waals surface area contributed by atoms with Crippen molar-refractivity contribution in [3.05, 3.63) is 65.7 Å². The van der Waals surface area contributed by atoms with Crippen LogP contribution >= 0.6 is 0 Å². The Kier molecular flexibility index (Phi) is 6.95. The van der Waals surface area contributed by atoms with Gasteiger partial charge in [0.25, 0.3) is 0 Å². The zero-order chi connectivity index (χ0) is 24.1. The Hall–Kier alpha value is -3.69. The van der Waals surface area contributed by atoms with E-state index in [-0.39, 0.29) is 18.4 Å². The van der Waals surface area contributed by atoms with Crippen LogP contribution in [-0.2, 0) is 17.5 Å². The van der Waals surface area contributed by atoms with E-state index in [0.717, 1.165) is 17.7 Å². The number of nitrogens with zero attached hydrogens (tertiary/aromatic N) is 4. The highest BCUT2D eigenvalue weighted by Gasteiger charge is 2.30. The van der Waals surface area contributed by atoms with Gasteiger partial charge in [-0.05, 0) is 30.5 Å². The number of anilines is 2. The van der Waals surface area contributed by atoms with E-state index < -0.39 is 11.7 Å². The first-order chi connectivity index (χ1) is 16.3. The van der Waals surface area contributed by atoms with E-state index in [1.54, 1.807) is 13.1 Å². The van der Waals surface area contributed by atoms with Crippen LogP contribution in [0.15, 0.2) is 54.6 Å². The van der Waals surface area contributed by atoms with Crippen molar-refractivity contribution in [1.29, 1.82) is 0 Å². The highest BCUT2D eigenvalue weighted by Crippen LogP contribution is 2.29. The van der Waals surface area contributed by atoms with Gasteiger partial charge in [-0.25, -0.2) is 0 Å². The number of carbonyl (C=O) groups excluding carboxylic acids is 1. The summed E-state index contributed by atoms with van der Waals surface area (Å²) in [5.41, 5.74) is 0.575. The molecule has 178 valence electrons. The molecule has 0 spiro atoms. The van der Waals surface area contributed by atoms with Crippen molar-refractivity contribution in [1.82, 2.24) is 20.3 Å². The van der Waals surface area contributed by atoms with Crippen molar-refractivity contribution in [3.63, 3.8) is 0 Å². The summed E-state index contributed by atoms with van der Waals surface area (Å²) in [7, 11) is 1.74. The summed E-state index contributed by atoms with van der Waals surface area (Å²) < 4.78 is 38.7. The number of halogens is 3. The van der Waals surface area contributed by atoms with E-state index in [0.29, 0.717) is 49.2 Å². The molecule has 0 atom stereocenters. The Morgan fingerprint density at radius 3 is 2.44 bits per heavy atom. The first-order valence-electron chi connectivity index (χ1n) is 11.0. The molecule has 2 N–H and O–H groups in total. The maximum absolute atomic E-state index is 12.9. The van der Waals surface area contributed by atoms with Gasteiger partial charge < -0.3 is 15.5 Å². The van der Waals surface area contributed by atoms with E-state index >= 15 is 0 Å². The largest absolute Gasteiger partial charge is 0.416 e. The SMILES string of the molecule is CNc1nc(-c2ccccc2)nc(N2CCC(C(=O)NCc3cccc(C(F)(F)F)c3)CC2)n1. The van der Waals surface area contributed by atoms with Crippen molar-refractivity contribution >= 4 is 17.8 Å². The lowest BCUT2D eigenvalue weighted by Gasteiger charge is -2.31. The molecule has 34 heavy (non-hydrogen) atoms. The maximum Gasteiger partial charge on any atom is 0.416 e. The Morgan fingerprint density at radius 2 is 1.76 bits per heavy atom. The zero-order valence-electron chi connectivity index (χ0n) is 18.6. The number of benzene rings is 2. The van der Waals surface area contributed by atoms with Gasteiger partial charge in [-0.3, -0.25) is 4.79 Å². The summed E-state index contributed by atoms with van der Waals surface area (Å²) in [6.45, 7) is 1.23. The summed E-state index contributed by atoms with van der Waals surface area (Å²) in [6, 6.07) is 14.6. The first-order valence-corrected chi connectivity index (χ1v) is 11.0. The van der Waals surface area contributed by atoms with E-state index in [4.69, 9.17) is 0 Å². The highest BCUT2D eigenvalue weighted by molar-refractivity contribution is 5.79. The van der Waals surface area contributed by atoms with Gasteiger partial charge in [0, 0.05) is 38.2 Å². The molecular formula is C24H25F3N6O. The predicted octanol–water partition coefficient (Wildman–Crippen LogP) is 4.13. The van der Waals surface area contributed by atoms with Crippen LogP contribution in [0.2, 0.25) is 0 Å². The molecule has 1 amide bonds. The van der Waals surface area contributed by atoms with Gasteiger partial charge in [0.15, 0.2) is 5.82 Å². The molecule has 0 unspecified atom stereocenters. The molecule has 2 aromatic carbocycles. The van der Waals surface area contributed by atoms with Crippen LogP contribution < -0.4 is 15.5 Å². The molecule has 0 aliphatic carbocycles. The summed E-state index contributed by atoms with van der Waals surface area (Å²) in [5, 5.41) is 5.74. The Labute approximate surface area is 195 Å². The standard InChI is InChI=1S/C24H25F3N6O/c1-28-22-30-20(17-7-3-2-4-8-17)31-23(32-22)33-12-10-18(11-13-33)21(34)29-15-16-6-5-9-19(14-16)24(25,26)27/h2-9,14,18H,10-13,15H2,1H3,(H,29,34)(H,28,30,31,32). The van der Waals surface area contributed by atoms with Crippen LogP contribution in [0.4, 0.5) is 25.1 Å². The lowest BCUT2D eigenvalue weighted by molar-refractivity contribution is -0.137. The molecule has 1 aromatic heterocycles. The quantitative estimate of drug-likeness (QED) is 0.564. The maximum atomic E-state index is 12.9. The normalized spacial score (nSPS) is 14.6. The average Bonchev–Trinajstić information content (AvgIpc) is 2.87. The Morgan fingerprint density at radius 1 is 1.03 bits per heavy atom. The fourth-order valence-electron chi connectivity index (χ4n) is 3.87. The second kappa shape index (κ2) is 10.1. The number of piperidine rings is 1. The van der Waals surface area contributed by atoms with Crippen LogP contribution in [0, 0.1) is 5.92 Å². The Bertz CT molecular complexity index is 1130. The van der Waals surface area contributed by atoms with Crippen molar-refractivity contribution in [3.8, 4) is 11.4 Å². The van der Waals surface area contributed by atoms with E-state index in [1.807, 2.05) is 35.2 Å². The number of nitrogens with one attached hydrogen (secondary N) is 2. The monoisotopic (exact) mass is 470 g/mol. The minimum Gasteiger partial charge on any atom is -0.357 e. The predicted molar refractivity (Wildman–Crippen MR) is 123 cm³/mol. The molecule has 1 fully saturated rings. The molecule has 0 radical (unpaired) electrons. The number of hydrogen-bond donors (Lipinski definition) is 2. The molecule has 4 rings (SSSR count). The van der Waals surface area contributed by atoms with Crippen LogP contribution in [0.5, 0.6) is 0 Å². The topological polar surface area (TPSA) is 83.0 Å². The van der Waals surface area contributed by atoms with Crippen molar-refractivity contribution < 1.29 is 18.0 Å². The molecule has 3 aromatic rings. The lowest BCUT2D eigenvalue weighted by Crippen LogP contribution is -2.41. The zero-order valence-corrected chi connectivity index (χ0v) is 18.6. The van der Waals surface area contributed by atoms with Crippen LogP contribution in [0.25, 0.3) is 11.4 Å². The van der Waals surface area contributed by atoms with Gasteiger partial charge in [0.05, 0.1) is 5.56 Å². The minimum absolute atomic E-state index is 0.0579. The highest BCUT2D eigenvalue weighted by atomic mass is 19.4. The summed E-state index contributed by atoms with van der Waals surface area (Å²) in [4.78, 5) is 28.2. The molecule has 0 saturated carbocycles. The average molecular weight is 470 g/mol. The number of aromatic nitrogens is 3. The smallest absolute Gasteiger partial charge is 0.357 e. The van der Waals surface area contributed by atoms with Gasteiger partial charge in [-0.15, -0.1) is 0 Å². The molecule has 1 aliphatic heterocycles. The van der Waals surface area contributed by atoms with Gasteiger partial charge >= 0.3 is 6.18 Å². The summed E-state index contributed by atoms with van der Waals surface area (Å²) in [5.74, 6) is 1.19. The molecule has 2 heterocycles. The fourth-order valence-corrected chi connectivity index (χ4v) is 3.87. The van der Waals surface area contributed by atoms with Gasteiger partial charge in [0.1, 0.15) is 0 Å². The second-order valence-electron chi connectivity index (χ2n) is 8.08. The van der Waals surface area contributed by atoms with E-state index in [1.165, 1.54) is 6.07 Å². The lowest BCUT2D eigenvalue weighted by atomic mass is 9.96. The van der Waals surface area contributed by atoms with Crippen LogP contribution in [0.3, 0.4) is 0 Å². The van der Waals surface area contributed by atoms with Gasteiger partial charge in [-0.2, -0.15) is 28.1 Å². The van der Waals surface area contributed by atoms with Crippen molar-refractivity contribution in [2.45, 2.75) is 25.6 Å². The first kappa shape index (κ1) is 23.5. The number of hydrogen-bond acceptors (Lipinski definition) is 6. The molecule has 7 nitrogen and oxygen atoms in total. The second-order valence-corrected chi connectivity index (χ2v) is 8.08. The van der Waals surface area contributed by atoms with Gasteiger partial charge in [0.2, 0.25) is 17.8 Å². The minimum atomic E-state index is -4.41. The van der Waals surface area contributed by atoms with Gasteiger partial charge in [-0.1, -0.05) is 42.5 Å². The van der Waals surface area contributed by atoms with Crippen molar-refractivity contribution in [2.75, 3.05) is 30.4 Å².